The lowest BCUT2D eigenvalue weighted by Gasteiger charge is -2.13. The SMILES string of the molecule is CCCOc1ccc(C(=O)OCC(=O)Nc2ccc([N+](=O)[O-])cc2)cc1OCC. The molecule has 0 aliphatic rings. The number of carbonyl (C=O) groups is 2. The third-order valence-corrected chi connectivity index (χ3v) is 3.64. The molecule has 0 radical (unpaired) electrons. The van der Waals surface area contributed by atoms with E-state index in [4.69, 9.17) is 14.2 Å². The molecule has 0 aromatic heterocycles. The molecule has 154 valence electrons. The van der Waals surface area contributed by atoms with Gasteiger partial charge in [-0.05, 0) is 43.7 Å². The minimum absolute atomic E-state index is 0.0918. The van der Waals surface area contributed by atoms with Gasteiger partial charge in [0.15, 0.2) is 18.1 Å². The predicted octanol–water partition coefficient (Wildman–Crippen LogP) is 3.58. The van der Waals surface area contributed by atoms with E-state index in [1.165, 1.54) is 36.4 Å². The van der Waals surface area contributed by atoms with E-state index in [1.54, 1.807) is 6.07 Å². The molecule has 9 nitrogen and oxygen atoms in total. The van der Waals surface area contributed by atoms with Crippen molar-refractivity contribution in [2.45, 2.75) is 20.3 Å². The molecule has 9 heteroatoms. The van der Waals surface area contributed by atoms with Crippen LogP contribution in [0.25, 0.3) is 0 Å². The van der Waals surface area contributed by atoms with Gasteiger partial charge in [-0.3, -0.25) is 14.9 Å². The molecule has 0 spiro atoms. The predicted molar refractivity (Wildman–Crippen MR) is 105 cm³/mol. The molecule has 0 unspecified atom stereocenters. The molecule has 0 aliphatic carbocycles. The molecule has 0 heterocycles. The van der Waals surface area contributed by atoms with Crippen LogP contribution in [0.1, 0.15) is 30.6 Å². The van der Waals surface area contributed by atoms with E-state index in [0.29, 0.717) is 30.4 Å². The summed E-state index contributed by atoms with van der Waals surface area (Å²) in [6.45, 7) is 4.21. The van der Waals surface area contributed by atoms with Crippen LogP contribution in [0, 0.1) is 10.1 Å². The second-order valence-corrected chi connectivity index (χ2v) is 5.87. The van der Waals surface area contributed by atoms with Crippen molar-refractivity contribution in [2.75, 3.05) is 25.1 Å². The van der Waals surface area contributed by atoms with Gasteiger partial charge in [0.25, 0.3) is 11.6 Å². The molecule has 2 aromatic carbocycles. The zero-order valence-electron chi connectivity index (χ0n) is 16.2. The minimum Gasteiger partial charge on any atom is -0.490 e. The third-order valence-electron chi connectivity index (χ3n) is 3.64. The van der Waals surface area contributed by atoms with Crippen molar-refractivity contribution in [2.24, 2.45) is 0 Å². The highest BCUT2D eigenvalue weighted by Crippen LogP contribution is 2.29. The maximum Gasteiger partial charge on any atom is 0.338 e. The van der Waals surface area contributed by atoms with E-state index < -0.39 is 23.4 Å². The van der Waals surface area contributed by atoms with E-state index >= 15 is 0 Å². The highest BCUT2D eigenvalue weighted by atomic mass is 16.6. The third kappa shape index (κ3) is 6.49. The van der Waals surface area contributed by atoms with E-state index in [0.717, 1.165) is 6.42 Å². The first-order valence-electron chi connectivity index (χ1n) is 9.05. The number of nitro benzene ring substituents is 1. The number of amides is 1. The van der Waals surface area contributed by atoms with E-state index in [9.17, 15) is 19.7 Å². The van der Waals surface area contributed by atoms with Gasteiger partial charge in [0, 0.05) is 17.8 Å². The summed E-state index contributed by atoms with van der Waals surface area (Å²) in [7, 11) is 0. The van der Waals surface area contributed by atoms with Crippen LogP contribution >= 0.6 is 0 Å². The second kappa shape index (κ2) is 10.6. The Hall–Kier alpha value is -3.62. The lowest BCUT2D eigenvalue weighted by molar-refractivity contribution is -0.384. The number of esters is 1. The quantitative estimate of drug-likeness (QED) is 0.367. The van der Waals surface area contributed by atoms with Gasteiger partial charge in [0.2, 0.25) is 0 Å². The number of hydrogen-bond acceptors (Lipinski definition) is 7. The lowest BCUT2D eigenvalue weighted by atomic mass is 10.2. The van der Waals surface area contributed by atoms with Crippen LogP contribution in [0.15, 0.2) is 42.5 Å². The molecule has 0 fully saturated rings. The molecule has 0 saturated heterocycles. The summed E-state index contributed by atoms with van der Waals surface area (Å²) >= 11 is 0. The number of non-ortho nitro benzene ring substituents is 1. The molecule has 29 heavy (non-hydrogen) atoms. The maximum absolute atomic E-state index is 12.2. The van der Waals surface area contributed by atoms with Crippen LogP contribution in [0.5, 0.6) is 11.5 Å². The smallest absolute Gasteiger partial charge is 0.338 e. The maximum atomic E-state index is 12.2. The molecule has 0 aliphatic heterocycles. The fourth-order valence-electron chi connectivity index (χ4n) is 2.31. The average Bonchev–Trinajstić information content (AvgIpc) is 2.71. The van der Waals surface area contributed by atoms with Crippen molar-refractivity contribution in [1.29, 1.82) is 0 Å². The van der Waals surface area contributed by atoms with Crippen molar-refractivity contribution in [1.82, 2.24) is 0 Å². The van der Waals surface area contributed by atoms with Gasteiger partial charge in [-0.25, -0.2) is 4.79 Å². The summed E-state index contributed by atoms with van der Waals surface area (Å²) < 4.78 is 16.1. The zero-order valence-corrected chi connectivity index (χ0v) is 16.2. The molecule has 1 N–H and O–H groups in total. The van der Waals surface area contributed by atoms with Crippen LogP contribution in [0.2, 0.25) is 0 Å². The Morgan fingerprint density at radius 3 is 2.38 bits per heavy atom. The summed E-state index contributed by atoms with van der Waals surface area (Å²) in [6.07, 6.45) is 0.833. The Morgan fingerprint density at radius 1 is 1.03 bits per heavy atom. The van der Waals surface area contributed by atoms with Crippen LogP contribution < -0.4 is 14.8 Å². The van der Waals surface area contributed by atoms with Crippen molar-refractivity contribution >= 4 is 23.3 Å². The number of nitro groups is 1. The molecule has 0 bridgehead atoms. The number of nitrogens with zero attached hydrogens (tertiary/aromatic N) is 1. The molecule has 2 rings (SSSR count). The fourth-order valence-corrected chi connectivity index (χ4v) is 2.31. The monoisotopic (exact) mass is 402 g/mol. The van der Waals surface area contributed by atoms with Gasteiger partial charge in [0.1, 0.15) is 0 Å². The van der Waals surface area contributed by atoms with Crippen LogP contribution in [-0.2, 0) is 9.53 Å². The Labute approximate surface area is 167 Å². The minimum atomic E-state index is -0.688. The summed E-state index contributed by atoms with van der Waals surface area (Å²) in [5.74, 6) is -0.307. The van der Waals surface area contributed by atoms with Crippen molar-refractivity contribution in [3.63, 3.8) is 0 Å². The topological polar surface area (TPSA) is 117 Å². The molecular formula is C20H22N2O7. The highest BCUT2D eigenvalue weighted by Gasteiger charge is 2.15. The Bertz CT molecular complexity index is 866. The van der Waals surface area contributed by atoms with Crippen LogP contribution in [0.3, 0.4) is 0 Å². The summed E-state index contributed by atoms with van der Waals surface area (Å²) in [6, 6.07) is 9.96. The van der Waals surface area contributed by atoms with Gasteiger partial charge in [0.05, 0.1) is 23.7 Å². The van der Waals surface area contributed by atoms with E-state index in [-0.39, 0.29) is 11.3 Å². The Kier molecular flexibility index (Phi) is 7.96. The molecule has 2 aromatic rings. The van der Waals surface area contributed by atoms with Crippen LogP contribution in [0.4, 0.5) is 11.4 Å². The number of hydrogen-bond donors (Lipinski definition) is 1. The molecule has 0 atom stereocenters. The molecule has 0 saturated carbocycles. The Morgan fingerprint density at radius 2 is 1.76 bits per heavy atom. The van der Waals surface area contributed by atoms with Crippen LogP contribution in [-0.4, -0.2) is 36.6 Å². The van der Waals surface area contributed by atoms with Gasteiger partial charge in [-0.15, -0.1) is 0 Å². The number of rotatable bonds is 10. The van der Waals surface area contributed by atoms with Gasteiger partial charge < -0.3 is 19.5 Å². The van der Waals surface area contributed by atoms with Gasteiger partial charge in [-0.1, -0.05) is 6.92 Å². The van der Waals surface area contributed by atoms with E-state index in [2.05, 4.69) is 5.32 Å². The number of nitrogens with one attached hydrogen (secondary N) is 1. The van der Waals surface area contributed by atoms with Gasteiger partial charge >= 0.3 is 5.97 Å². The number of carbonyl (C=O) groups excluding carboxylic acids is 2. The number of anilines is 1. The molecule has 1 amide bonds. The summed E-state index contributed by atoms with van der Waals surface area (Å²) in [5, 5.41) is 13.1. The van der Waals surface area contributed by atoms with Crippen molar-refractivity contribution in [3.05, 3.63) is 58.1 Å². The number of ether oxygens (including phenoxy) is 3. The van der Waals surface area contributed by atoms with Gasteiger partial charge in [-0.2, -0.15) is 0 Å². The zero-order chi connectivity index (χ0) is 21.2. The Balaban J connectivity index is 1.94. The normalized spacial score (nSPS) is 10.1. The van der Waals surface area contributed by atoms with Crippen molar-refractivity contribution < 1.29 is 28.7 Å². The average molecular weight is 402 g/mol. The number of benzene rings is 2. The fraction of sp³-hybridized carbons (Fsp3) is 0.300. The molecular weight excluding hydrogens is 380 g/mol. The summed E-state index contributed by atoms with van der Waals surface area (Å²) in [4.78, 5) is 34.3. The standard InChI is InChI=1S/C20H22N2O7/c1-3-11-28-17-10-5-14(12-18(17)27-4-2)20(24)29-13-19(23)21-15-6-8-16(9-7-15)22(25)26/h5-10,12H,3-4,11,13H2,1-2H3,(H,21,23). The van der Waals surface area contributed by atoms with E-state index in [1.807, 2.05) is 13.8 Å². The first-order valence-corrected chi connectivity index (χ1v) is 9.05. The van der Waals surface area contributed by atoms with Crippen molar-refractivity contribution in [3.8, 4) is 11.5 Å². The first-order chi connectivity index (χ1) is 13.9. The highest BCUT2D eigenvalue weighted by molar-refractivity contribution is 5.95. The second-order valence-electron chi connectivity index (χ2n) is 5.87. The lowest BCUT2D eigenvalue weighted by Crippen LogP contribution is -2.21. The first kappa shape index (κ1) is 21.7. The largest absolute Gasteiger partial charge is 0.490 e. The summed E-state index contributed by atoms with van der Waals surface area (Å²) in [5.41, 5.74) is 0.485.